The van der Waals surface area contributed by atoms with Gasteiger partial charge in [-0.25, -0.2) is 0 Å². The van der Waals surface area contributed by atoms with E-state index in [1.54, 1.807) is 5.56 Å². The second kappa shape index (κ2) is 6.87. The predicted octanol–water partition coefficient (Wildman–Crippen LogP) is 5.20. The summed E-state index contributed by atoms with van der Waals surface area (Å²) in [5.41, 5.74) is 4.74. The van der Waals surface area contributed by atoms with E-state index in [1.165, 1.54) is 42.3 Å². The molecule has 2 nitrogen and oxygen atoms in total. The molecule has 0 amide bonds. The molecule has 0 saturated carbocycles. The van der Waals surface area contributed by atoms with Crippen LogP contribution in [0.25, 0.3) is 10.9 Å². The van der Waals surface area contributed by atoms with Crippen LogP contribution < -0.4 is 0 Å². The quantitative estimate of drug-likeness (QED) is 0.822. The van der Waals surface area contributed by atoms with Crippen LogP contribution in [0, 0.1) is 5.41 Å². The molecule has 1 atom stereocenters. The lowest BCUT2D eigenvalue weighted by molar-refractivity contribution is 0.252. The summed E-state index contributed by atoms with van der Waals surface area (Å²) in [5.74, 6) is 0.675. The van der Waals surface area contributed by atoms with Gasteiger partial charge in [-0.15, -0.1) is 0 Å². The largest absolute Gasteiger partial charge is 0.361 e. The van der Waals surface area contributed by atoms with E-state index in [4.69, 9.17) is 0 Å². The maximum Gasteiger partial charge on any atom is 0.0459 e. The molecule has 2 heteroatoms. The Morgan fingerprint density at radius 3 is 2.64 bits per heavy atom. The molecule has 0 spiro atoms. The summed E-state index contributed by atoms with van der Waals surface area (Å²) in [6, 6.07) is 6.76. The summed E-state index contributed by atoms with van der Waals surface area (Å²) in [5, 5.41) is 1.50. The molecule has 0 bridgehead atoms. The molecule has 3 rings (SSSR count). The van der Waals surface area contributed by atoms with Crippen LogP contribution in [0.1, 0.15) is 57.6 Å². The minimum Gasteiger partial charge on any atom is -0.361 e. The number of hydrogen-bond acceptors (Lipinski definition) is 1. The first-order valence-corrected chi connectivity index (χ1v) is 8.72. The predicted molar refractivity (Wildman–Crippen MR) is 97.7 cm³/mol. The molecule has 1 aliphatic rings. The summed E-state index contributed by atoms with van der Waals surface area (Å²) in [4.78, 5) is 5.73. The Balaban J connectivity index is 0.000000847. The Morgan fingerprint density at radius 1 is 1.23 bits per heavy atom. The number of benzene rings is 1. The molecule has 22 heavy (non-hydrogen) atoms. The molecule has 0 fully saturated rings. The smallest absolute Gasteiger partial charge is 0.0459 e. The van der Waals surface area contributed by atoms with Gasteiger partial charge in [-0.05, 0) is 68.4 Å². The van der Waals surface area contributed by atoms with Crippen LogP contribution in [-0.4, -0.2) is 30.5 Å². The fraction of sp³-hybridized carbons (Fsp3) is 0.600. The van der Waals surface area contributed by atoms with Crippen molar-refractivity contribution in [3.63, 3.8) is 0 Å². The summed E-state index contributed by atoms with van der Waals surface area (Å²) < 4.78 is 0. The van der Waals surface area contributed by atoms with Gasteiger partial charge in [-0.1, -0.05) is 39.8 Å². The highest BCUT2D eigenvalue weighted by Gasteiger charge is 2.36. The van der Waals surface area contributed by atoms with Crippen LogP contribution in [0.4, 0.5) is 0 Å². The van der Waals surface area contributed by atoms with Crippen LogP contribution >= 0.6 is 0 Å². The summed E-state index contributed by atoms with van der Waals surface area (Å²) >= 11 is 0. The minimum absolute atomic E-state index is 0.357. The molecule has 0 saturated heterocycles. The third-order valence-electron chi connectivity index (χ3n) is 4.88. The molecule has 1 aromatic carbocycles. The van der Waals surface area contributed by atoms with Gasteiger partial charge in [0.15, 0.2) is 0 Å². The zero-order valence-electron chi connectivity index (χ0n) is 15.2. The lowest BCUT2D eigenvalue weighted by Gasteiger charge is -2.39. The number of nitrogens with zero attached hydrogens (tertiary/aromatic N) is 1. The van der Waals surface area contributed by atoms with Crippen molar-refractivity contribution in [2.75, 3.05) is 20.6 Å². The van der Waals surface area contributed by atoms with E-state index in [0.29, 0.717) is 11.3 Å². The number of H-pyrrole nitrogens is 1. The molecule has 0 aliphatic heterocycles. The van der Waals surface area contributed by atoms with Crippen LogP contribution in [0.2, 0.25) is 0 Å². The van der Waals surface area contributed by atoms with E-state index in [-0.39, 0.29) is 0 Å². The van der Waals surface area contributed by atoms with Gasteiger partial charge in [0, 0.05) is 17.1 Å². The summed E-state index contributed by atoms with van der Waals surface area (Å²) in [7, 11) is 4.33. The van der Waals surface area contributed by atoms with Crippen molar-refractivity contribution in [2.45, 2.75) is 52.9 Å². The van der Waals surface area contributed by atoms with E-state index in [9.17, 15) is 0 Å². The van der Waals surface area contributed by atoms with E-state index >= 15 is 0 Å². The Hall–Kier alpha value is -1.28. The molecule has 122 valence electrons. The molecule has 2 aromatic rings. The SMILES string of the molecule is CC.CN(C)CCCC1c2cccc3[nH]cc(c23)CC1(C)C. The maximum absolute atomic E-state index is 3.44. The first-order valence-electron chi connectivity index (χ1n) is 8.72. The maximum atomic E-state index is 3.44. The van der Waals surface area contributed by atoms with Gasteiger partial charge in [0.2, 0.25) is 0 Å². The zero-order chi connectivity index (χ0) is 16.3. The first kappa shape index (κ1) is 17.1. The van der Waals surface area contributed by atoms with Gasteiger partial charge in [0.1, 0.15) is 0 Å². The van der Waals surface area contributed by atoms with Gasteiger partial charge in [-0.3, -0.25) is 0 Å². The molecule has 0 radical (unpaired) electrons. The summed E-state index contributed by atoms with van der Waals surface area (Å²) in [6.07, 6.45) is 5.97. The zero-order valence-corrected chi connectivity index (χ0v) is 15.2. The average molecular weight is 300 g/mol. The number of hydrogen-bond donors (Lipinski definition) is 1. The number of rotatable bonds is 4. The van der Waals surface area contributed by atoms with Crippen molar-refractivity contribution in [2.24, 2.45) is 5.41 Å². The Morgan fingerprint density at radius 2 is 1.95 bits per heavy atom. The monoisotopic (exact) mass is 300 g/mol. The van der Waals surface area contributed by atoms with E-state index in [1.807, 2.05) is 13.8 Å². The molecule has 1 N–H and O–H groups in total. The number of aromatic amines is 1. The van der Waals surface area contributed by atoms with Gasteiger partial charge in [-0.2, -0.15) is 0 Å². The highest BCUT2D eigenvalue weighted by Crippen LogP contribution is 2.49. The number of aromatic nitrogens is 1. The van der Waals surface area contributed by atoms with Crippen molar-refractivity contribution in [3.8, 4) is 0 Å². The standard InChI is InChI=1S/C18H26N2.C2H6/c1-18(2)11-13-12-19-16-9-5-7-14(17(13)16)15(18)8-6-10-20(3)4;1-2/h5,7,9,12,15,19H,6,8,10-11H2,1-4H3;1-2H3. The molecular weight excluding hydrogens is 268 g/mol. The number of nitrogens with one attached hydrogen (secondary N) is 1. The molecular formula is C20H32N2. The van der Waals surface area contributed by atoms with Crippen molar-refractivity contribution < 1.29 is 0 Å². The Labute approximate surface area is 135 Å². The molecule has 1 heterocycles. The van der Waals surface area contributed by atoms with Crippen LogP contribution in [0.3, 0.4) is 0 Å². The van der Waals surface area contributed by atoms with E-state index < -0.39 is 0 Å². The Bertz CT molecular complexity index is 607. The van der Waals surface area contributed by atoms with Crippen LogP contribution in [0.5, 0.6) is 0 Å². The lowest BCUT2D eigenvalue weighted by atomic mass is 9.65. The van der Waals surface area contributed by atoms with Crippen molar-refractivity contribution in [1.82, 2.24) is 9.88 Å². The van der Waals surface area contributed by atoms with Crippen molar-refractivity contribution >= 4 is 10.9 Å². The van der Waals surface area contributed by atoms with Crippen molar-refractivity contribution in [1.29, 1.82) is 0 Å². The fourth-order valence-electron chi connectivity index (χ4n) is 3.91. The second-order valence-corrected chi connectivity index (χ2v) is 7.25. The second-order valence-electron chi connectivity index (χ2n) is 7.25. The van der Waals surface area contributed by atoms with Gasteiger partial charge in [0.05, 0.1) is 0 Å². The molecule has 1 unspecified atom stereocenters. The normalized spacial score (nSPS) is 19.1. The van der Waals surface area contributed by atoms with Gasteiger partial charge in [0.25, 0.3) is 0 Å². The van der Waals surface area contributed by atoms with Gasteiger partial charge < -0.3 is 9.88 Å². The highest BCUT2D eigenvalue weighted by molar-refractivity contribution is 5.88. The fourth-order valence-corrected chi connectivity index (χ4v) is 3.91. The molecule has 1 aromatic heterocycles. The van der Waals surface area contributed by atoms with Crippen molar-refractivity contribution in [3.05, 3.63) is 35.5 Å². The summed E-state index contributed by atoms with van der Waals surface area (Å²) in [6.45, 7) is 10.0. The van der Waals surface area contributed by atoms with Crippen LogP contribution in [0.15, 0.2) is 24.4 Å². The first-order chi connectivity index (χ1) is 10.5. The highest BCUT2D eigenvalue weighted by atomic mass is 15.0. The van der Waals surface area contributed by atoms with Gasteiger partial charge >= 0.3 is 0 Å². The molecule has 1 aliphatic carbocycles. The average Bonchev–Trinajstić information content (AvgIpc) is 2.87. The Kier molecular flexibility index (Phi) is 5.33. The van der Waals surface area contributed by atoms with E-state index in [2.05, 4.69) is 62.2 Å². The topological polar surface area (TPSA) is 19.0 Å². The van der Waals surface area contributed by atoms with E-state index in [0.717, 1.165) is 0 Å². The van der Waals surface area contributed by atoms with Crippen LogP contribution in [-0.2, 0) is 6.42 Å². The third kappa shape index (κ3) is 3.22. The minimum atomic E-state index is 0.357. The third-order valence-corrected chi connectivity index (χ3v) is 4.88. The lowest BCUT2D eigenvalue weighted by Crippen LogP contribution is -2.29.